The third-order valence-electron chi connectivity index (χ3n) is 6.34. The molecule has 0 heterocycles. The molecule has 0 saturated carbocycles. The van der Waals surface area contributed by atoms with Crippen LogP contribution in [-0.4, -0.2) is 98.5 Å². The first-order valence-corrected chi connectivity index (χ1v) is 17.9. The van der Waals surface area contributed by atoms with Gasteiger partial charge >= 0.3 is 29.7 Å². The largest absolute Gasteiger partial charge is 0.500 e. The van der Waals surface area contributed by atoms with Crippen LogP contribution in [0.1, 0.15) is 51.4 Å². The Morgan fingerprint density at radius 1 is 0.500 bits per heavy atom. The van der Waals surface area contributed by atoms with Gasteiger partial charge in [-0.05, 0) is 38.5 Å². The molecule has 40 heavy (non-hydrogen) atoms. The highest BCUT2D eigenvalue weighted by molar-refractivity contribution is 6.60. The van der Waals surface area contributed by atoms with Crippen LogP contribution in [0.25, 0.3) is 0 Å². The van der Waals surface area contributed by atoms with E-state index in [4.69, 9.17) is 26.6 Å². The van der Waals surface area contributed by atoms with Gasteiger partial charge < -0.3 is 47.8 Å². The first-order chi connectivity index (χ1) is 19.4. The summed E-state index contributed by atoms with van der Waals surface area (Å²) in [5, 5.41) is 11.3. The van der Waals surface area contributed by atoms with Crippen LogP contribution in [0, 0.1) is 0 Å². The number of urea groups is 2. The van der Waals surface area contributed by atoms with E-state index in [2.05, 4.69) is 33.4 Å². The Labute approximate surface area is 243 Å². The van der Waals surface area contributed by atoms with E-state index in [1.165, 1.54) is 12.8 Å². The van der Waals surface area contributed by atoms with Crippen molar-refractivity contribution >= 4 is 29.7 Å². The molecule has 0 bridgehead atoms. The molecule has 0 aliphatic heterocycles. The lowest BCUT2D eigenvalue weighted by atomic mass is 10.1. The van der Waals surface area contributed by atoms with E-state index in [0.29, 0.717) is 38.3 Å². The number of carbonyl (C=O) groups is 2. The molecule has 0 unspecified atom stereocenters. The third kappa shape index (κ3) is 18.5. The lowest BCUT2D eigenvalue weighted by Gasteiger charge is -2.24. The summed E-state index contributed by atoms with van der Waals surface area (Å²) >= 11 is 0. The van der Waals surface area contributed by atoms with Gasteiger partial charge in [-0.1, -0.05) is 37.1 Å². The smallest absolute Gasteiger partial charge is 0.377 e. The fraction of sp³-hybridized carbons (Fsp3) is 0.769. The normalized spacial score (nSPS) is 12.2. The quantitative estimate of drug-likeness (QED) is 0.0703. The zero-order chi connectivity index (χ0) is 30.0. The first kappa shape index (κ1) is 38.2. The summed E-state index contributed by atoms with van der Waals surface area (Å²) in [7, 11) is 4.34. The monoisotopic (exact) mass is 606 g/mol. The molecule has 0 saturated heterocycles. The SMILES string of the molecule is CO[Si](CCCNC(=O)NCC=CCCCCCC/C=C/CNC(=O)NCCC[Si](OC)(OC)OC)(OC)OC. The molecule has 0 aromatic heterocycles. The number of unbranched alkanes of at least 4 members (excludes halogenated alkanes) is 5. The molecule has 0 aromatic rings. The van der Waals surface area contributed by atoms with Crippen LogP contribution in [0.5, 0.6) is 0 Å². The molecule has 0 aliphatic carbocycles. The predicted octanol–water partition coefficient (Wildman–Crippen LogP) is 3.57. The van der Waals surface area contributed by atoms with E-state index in [0.717, 1.165) is 38.5 Å². The summed E-state index contributed by atoms with van der Waals surface area (Å²) in [6, 6.07) is 0.919. The molecule has 0 aliphatic rings. The first-order valence-electron chi connectivity index (χ1n) is 14.0. The molecule has 0 fully saturated rings. The van der Waals surface area contributed by atoms with Gasteiger partial charge in [0.2, 0.25) is 0 Å². The summed E-state index contributed by atoms with van der Waals surface area (Å²) in [5.74, 6) is 0. The number of hydrogen-bond acceptors (Lipinski definition) is 8. The molecule has 14 heteroatoms. The van der Waals surface area contributed by atoms with Gasteiger partial charge in [0.25, 0.3) is 0 Å². The topological polar surface area (TPSA) is 138 Å². The lowest BCUT2D eigenvalue weighted by molar-refractivity contribution is 0.122. The van der Waals surface area contributed by atoms with Crippen molar-refractivity contribution in [2.75, 3.05) is 68.8 Å². The molecular formula is C26H54N4O8Si2. The molecule has 4 N–H and O–H groups in total. The van der Waals surface area contributed by atoms with Gasteiger partial charge in [-0.15, -0.1) is 0 Å². The summed E-state index contributed by atoms with van der Waals surface area (Å²) in [6.45, 7) is 2.08. The fourth-order valence-corrected chi connectivity index (χ4v) is 7.28. The van der Waals surface area contributed by atoms with Crippen LogP contribution < -0.4 is 21.3 Å². The van der Waals surface area contributed by atoms with Crippen LogP contribution in [0.15, 0.2) is 24.3 Å². The Balaban J connectivity index is 3.62. The van der Waals surface area contributed by atoms with Gasteiger partial charge in [-0.3, -0.25) is 0 Å². The Morgan fingerprint density at radius 3 is 1.18 bits per heavy atom. The highest BCUT2D eigenvalue weighted by atomic mass is 28.4. The Kier molecular flexibility index (Phi) is 23.9. The van der Waals surface area contributed by atoms with Crippen molar-refractivity contribution < 1.29 is 36.1 Å². The summed E-state index contributed by atoms with van der Waals surface area (Å²) in [6.07, 6.45) is 16.2. The molecule has 4 amide bonds. The molecule has 0 atom stereocenters. The molecule has 0 aromatic carbocycles. The van der Waals surface area contributed by atoms with Crippen molar-refractivity contribution in [2.24, 2.45) is 0 Å². The van der Waals surface area contributed by atoms with Crippen molar-refractivity contribution in [3.05, 3.63) is 24.3 Å². The zero-order valence-electron chi connectivity index (χ0n) is 25.5. The second-order valence-electron chi connectivity index (χ2n) is 9.01. The number of allylic oxidation sites excluding steroid dienone is 2. The van der Waals surface area contributed by atoms with E-state index < -0.39 is 17.6 Å². The fourth-order valence-electron chi connectivity index (χ4n) is 3.83. The van der Waals surface area contributed by atoms with E-state index in [1.54, 1.807) is 42.7 Å². The standard InChI is InChI=1S/C26H54N4O8Si2/c1-33-39(34-2,35-3)23-17-21-29-25(31)27-19-15-13-11-9-7-8-10-12-14-16-20-28-26(32)30-22-18-24-40(36-4,37-5)38-6/h13-16H,7-12,17-24H2,1-6H3,(H2,27,29,31)(H2,28,30,32)/b15-13+,16-14?. The average Bonchev–Trinajstić information content (AvgIpc) is 2.98. The molecule has 12 nitrogen and oxygen atoms in total. The predicted molar refractivity (Wildman–Crippen MR) is 161 cm³/mol. The zero-order valence-corrected chi connectivity index (χ0v) is 27.5. The van der Waals surface area contributed by atoms with Gasteiger partial charge in [-0.2, -0.15) is 0 Å². The van der Waals surface area contributed by atoms with Crippen molar-refractivity contribution in [1.29, 1.82) is 0 Å². The number of carbonyl (C=O) groups excluding carboxylic acids is 2. The van der Waals surface area contributed by atoms with Crippen LogP contribution in [0.2, 0.25) is 12.1 Å². The second kappa shape index (κ2) is 25.0. The van der Waals surface area contributed by atoms with Gasteiger partial charge in [0.05, 0.1) is 0 Å². The van der Waals surface area contributed by atoms with Gasteiger partial charge in [-0.25, -0.2) is 9.59 Å². The van der Waals surface area contributed by atoms with Crippen LogP contribution in [0.4, 0.5) is 9.59 Å². The van der Waals surface area contributed by atoms with Crippen LogP contribution in [0.3, 0.4) is 0 Å². The van der Waals surface area contributed by atoms with Crippen molar-refractivity contribution in [3.8, 4) is 0 Å². The molecular weight excluding hydrogens is 552 g/mol. The van der Waals surface area contributed by atoms with E-state index >= 15 is 0 Å². The van der Waals surface area contributed by atoms with Gasteiger partial charge in [0.15, 0.2) is 0 Å². The minimum absolute atomic E-state index is 0.187. The highest BCUT2D eigenvalue weighted by Crippen LogP contribution is 2.15. The minimum atomic E-state index is -2.58. The number of hydrogen-bond donors (Lipinski definition) is 4. The van der Waals surface area contributed by atoms with Crippen molar-refractivity contribution in [1.82, 2.24) is 21.3 Å². The number of nitrogens with one attached hydrogen (secondary N) is 4. The van der Waals surface area contributed by atoms with E-state index in [-0.39, 0.29) is 12.1 Å². The Morgan fingerprint density at radius 2 is 0.850 bits per heavy atom. The summed E-state index contributed by atoms with van der Waals surface area (Å²) < 4.78 is 32.2. The third-order valence-corrected chi connectivity index (χ3v) is 12.0. The lowest BCUT2D eigenvalue weighted by Crippen LogP contribution is -2.43. The van der Waals surface area contributed by atoms with Crippen molar-refractivity contribution in [2.45, 2.75) is 63.5 Å². The minimum Gasteiger partial charge on any atom is -0.377 e. The van der Waals surface area contributed by atoms with Crippen LogP contribution in [-0.2, 0) is 26.6 Å². The highest BCUT2D eigenvalue weighted by Gasteiger charge is 2.37. The summed E-state index contributed by atoms with van der Waals surface area (Å²) in [4.78, 5) is 23.7. The number of rotatable bonds is 25. The average molecular weight is 607 g/mol. The maximum Gasteiger partial charge on any atom is 0.500 e. The molecule has 0 radical (unpaired) electrons. The molecule has 234 valence electrons. The van der Waals surface area contributed by atoms with E-state index in [9.17, 15) is 9.59 Å². The maximum atomic E-state index is 11.8. The summed E-state index contributed by atoms with van der Waals surface area (Å²) in [5.41, 5.74) is 0. The molecule has 0 spiro atoms. The second-order valence-corrected chi connectivity index (χ2v) is 15.2. The van der Waals surface area contributed by atoms with Gasteiger partial charge in [0, 0.05) is 80.9 Å². The maximum absolute atomic E-state index is 11.8. The Hall–Kier alpha value is -1.79. The van der Waals surface area contributed by atoms with Crippen LogP contribution >= 0.6 is 0 Å². The molecule has 0 rings (SSSR count). The Bertz CT molecular complexity index is 634. The van der Waals surface area contributed by atoms with Gasteiger partial charge in [0.1, 0.15) is 0 Å². The van der Waals surface area contributed by atoms with Crippen molar-refractivity contribution in [3.63, 3.8) is 0 Å². The van der Waals surface area contributed by atoms with E-state index in [1.807, 2.05) is 12.2 Å². The number of amides is 4.